The van der Waals surface area contributed by atoms with Crippen molar-refractivity contribution >= 4 is 16.7 Å². The summed E-state index contributed by atoms with van der Waals surface area (Å²) < 4.78 is 4.42. The van der Waals surface area contributed by atoms with Crippen LogP contribution in [-0.2, 0) is 0 Å². The normalized spacial score (nSPS) is 28.9. The fourth-order valence-electron chi connectivity index (χ4n) is 1.75. The Kier molecular flexibility index (Phi) is 1.66. The van der Waals surface area contributed by atoms with Crippen LogP contribution >= 0.6 is 11.5 Å². The summed E-state index contributed by atoms with van der Waals surface area (Å²) in [5.41, 5.74) is 0.442. The van der Waals surface area contributed by atoms with Gasteiger partial charge in [0.05, 0.1) is 0 Å². The number of aromatic nitrogens is 2. The van der Waals surface area contributed by atoms with Gasteiger partial charge in [-0.3, -0.25) is 0 Å². The van der Waals surface area contributed by atoms with Crippen molar-refractivity contribution in [3.05, 3.63) is 5.82 Å². The average Bonchev–Trinajstić information content (AvgIpc) is 2.95. The first-order valence-electron chi connectivity index (χ1n) is 5.25. The van der Waals surface area contributed by atoms with Crippen molar-refractivity contribution in [1.29, 1.82) is 0 Å². The summed E-state index contributed by atoms with van der Waals surface area (Å²) in [7, 11) is 0. The maximum atomic E-state index is 4.54. The molecule has 3 nitrogen and oxygen atoms in total. The first-order chi connectivity index (χ1) is 6.65. The van der Waals surface area contributed by atoms with E-state index in [1.54, 1.807) is 0 Å². The fraction of sp³-hybridized carbons (Fsp3) is 0.800. The molecule has 0 spiro atoms. The molecule has 1 unspecified atom stereocenters. The number of nitrogens with zero attached hydrogens (tertiary/aromatic N) is 2. The van der Waals surface area contributed by atoms with Gasteiger partial charge in [0.25, 0.3) is 0 Å². The predicted molar refractivity (Wildman–Crippen MR) is 57.7 cm³/mol. The summed E-state index contributed by atoms with van der Waals surface area (Å²) in [4.78, 5) is 4.54. The zero-order valence-corrected chi connectivity index (χ0v) is 9.40. The van der Waals surface area contributed by atoms with Gasteiger partial charge in [0, 0.05) is 23.5 Å². The maximum absolute atomic E-state index is 4.54. The molecule has 76 valence electrons. The molecule has 0 saturated heterocycles. The SMILES string of the molecule is CC1(C)CC1c1nsc(NC2CC2)n1. The van der Waals surface area contributed by atoms with E-state index in [0.717, 1.165) is 11.0 Å². The molecule has 2 saturated carbocycles. The first kappa shape index (κ1) is 8.65. The van der Waals surface area contributed by atoms with E-state index in [2.05, 4.69) is 28.5 Å². The van der Waals surface area contributed by atoms with Crippen molar-refractivity contribution in [2.45, 2.75) is 45.1 Å². The Morgan fingerprint density at radius 3 is 2.71 bits per heavy atom. The van der Waals surface area contributed by atoms with E-state index in [4.69, 9.17) is 0 Å². The summed E-state index contributed by atoms with van der Waals surface area (Å²) in [6.45, 7) is 4.57. The monoisotopic (exact) mass is 209 g/mol. The first-order valence-corrected chi connectivity index (χ1v) is 6.03. The van der Waals surface area contributed by atoms with Gasteiger partial charge >= 0.3 is 0 Å². The molecule has 1 atom stereocenters. The van der Waals surface area contributed by atoms with Gasteiger partial charge in [-0.15, -0.1) is 0 Å². The van der Waals surface area contributed by atoms with Gasteiger partial charge in [-0.25, -0.2) is 4.98 Å². The van der Waals surface area contributed by atoms with E-state index in [1.807, 2.05) is 0 Å². The highest BCUT2D eigenvalue weighted by molar-refractivity contribution is 7.09. The smallest absolute Gasteiger partial charge is 0.202 e. The molecule has 1 N–H and O–H groups in total. The zero-order chi connectivity index (χ0) is 9.76. The van der Waals surface area contributed by atoms with E-state index >= 15 is 0 Å². The van der Waals surface area contributed by atoms with Crippen molar-refractivity contribution < 1.29 is 0 Å². The van der Waals surface area contributed by atoms with E-state index in [9.17, 15) is 0 Å². The van der Waals surface area contributed by atoms with Crippen LogP contribution in [0.3, 0.4) is 0 Å². The Labute approximate surface area is 88.1 Å². The van der Waals surface area contributed by atoms with Crippen LogP contribution in [0.15, 0.2) is 0 Å². The van der Waals surface area contributed by atoms with E-state index < -0.39 is 0 Å². The van der Waals surface area contributed by atoms with Crippen LogP contribution in [0.25, 0.3) is 0 Å². The highest BCUT2D eigenvalue weighted by atomic mass is 32.1. The molecule has 2 fully saturated rings. The quantitative estimate of drug-likeness (QED) is 0.831. The number of nitrogens with one attached hydrogen (secondary N) is 1. The van der Waals surface area contributed by atoms with Gasteiger partial charge in [-0.2, -0.15) is 4.37 Å². The van der Waals surface area contributed by atoms with Crippen LogP contribution in [0.5, 0.6) is 0 Å². The largest absolute Gasteiger partial charge is 0.358 e. The van der Waals surface area contributed by atoms with E-state index in [1.165, 1.54) is 30.8 Å². The molecule has 14 heavy (non-hydrogen) atoms. The van der Waals surface area contributed by atoms with Crippen LogP contribution in [0.1, 0.15) is 44.9 Å². The van der Waals surface area contributed by atoms with Gasteiger partial charge in [0.1, 0.15) is 5.82 Å². The van der Waals surface area contributed by atoms with Crippen LogP contribution in [-0.4, -0.2) is 15.4 Å². The summed E-state index contributed by atoms with van der Waals surface area (Å²) in [6.07, 6.45) is 3.83. The van der Waals surface area contributed by atoms with Crippen LogP contribution < -0.4 is 5.32 Å². The van der Waals surface area contributed by atoms with E-state index in [0.29, 0.717) is 17.4 Å². The topological polar surface area (TPSA) is 37.8 Å². The lowest BCUT2D eigenvalue weighted by Gasteiger charge is -1.97. The molecule has 0 aliphatic heterocycles. The van der Waals surface area contributed by atoms with Gasteiger partial charge in [0.2, 0.25) is 5.13 Å². The van der Waals surface area contributed by atoms with Gasteiger partial charge in [0.15, 0.2) is 0 Å². The Bertz CT molecular complexity index is 354. The molecule has 1 aromatic heterocycles. The summed E-state index contributed by atoms with van der Waals surface area (Å²) >= 11 is 1.51. The molecule has 3 rings (SSSR count). The number of rotatable bonds is 3. The Morgan fingerprint density at radius 1 is 1.43 bits per heavy atom. The number of hydrogen-bond acceptors (Lipinski definition) is 4. The molecular weight excluding hydrogens is 194 g/mol. The van der Waals surface area contributed by atoms with Crippen LogP contribution in [0.4, 0.5) is 5.13 Å². The van der Waals surface area contributed by atoms with Crippen molar-refractivity contribution in [1.82, 2.24) is 9.36 Å². The van der Waals surface area contributed by atoms with Gasteiger partial charge in [-0.1, -0.05) is 13.8 Å². The molecule has 0 bridgehead atoms. The molecule has 1 aromatic rings. The van der Waals surface area contributed by atoms with Gasteiger partial charge in [-0.05, 0) is 24.7 Å². The second kappa shape index (κ2) is 2.69. The summed E-state index contributed by atoms with van der Waals surface area (Å²) in [6, 6.07) is 0.683. The molecule has 1 heterocycles. The summed E-state index contributed by atoms with van der Waals surface area (Å²) in [5.74, 6) is 1.66. The molecular formula is C10H15N3S. The lowest BCUT2D eigenvalue weighted by molar-refractivity contribution is 0.612. The van der Waals surface area contributed by atoms with Crippen molar-refractivity contribution in [2.24, 2.45) is 5.41 Å². The highest BCUT2D eigenvalue weighted by Gasteiger charge is 2.49. The van der Waals surface area contributed by atoms with Crippen molar-refractivity contribution in [2.75, 3.05) is 5.32 Å². The summed E-state index contributed by atoms with van der Waals surface area (Å²) in [5, 5.41) is 4.41. The van der Waals surface area contributed by atoms with E-state index in [-0.39, 0.29) is 0 Å². The maximum Gasteiger partial charge on any atom is 0.202 e. The molecule has 2 aliphatic rings. The van der Waals surface area contributed by atoms with Crippen LogP contribution in [0.2, 0.25) is 0 Å². The Morgan fingerprint density at radius 2 is 2.14 bits per heavy atom. The highest BCUT2D eigenvalue weighted by Crippen LogP contribution is 2.57. The minimum Gasteiger partial charge on any atom is -0.358 e. The van der Waals surface area contributed by atoms with Crippen molar-refractivity contribution in [3.8, 4) is 0 Å². The third-order valence-electron chi connectivity index (χ3n) is 3.17. The standard InChI is InChI=1S/C10H15N3S/c1-10(2)5-7(10)8-12-9(14-13-8)11-6-3-4-6/h6-7H,3-5H2,1-2H3,(H,11,12,13). The number of anilines is 1. The average molecular weight is 209 g/mol. The van der Waals surface area contributed by atoms with Crippen molar-refractivity contribution in [3.63, 3.8) is 0 Å². The number of hydrogen-bond donors (Lipinski definition) is 1. The lowest BCUT2D eigenvalue weighted by atomic mass is 10.1. The molecule has 0 radical (unpaired) electrons. The zero-order valence-electron chi connectivity index (χ0n) is 8.58. The molecule has 2 aliphatic carbocycles. The molecule has 0 aromatic carbocycles. The molecule has 4 heteroatoms. The second-order valence-electron chi connectivity index (χ2n) is 5.12. The third-order valence-corrected chi connectivity index (χ3v) is 3.83. The Balaban J connectivity index is 1.71. The molecule has 0 amide bonds. The Hall–Kier alpha value is -0.640. The minimum absolute atomic E-state index is 0.442. The fourth-order valence-corrected chi connectivity index (χ4v) is 2.45. The third kappa shape index (κ3) is 1.52. The lowest BCUT2D eigenvalue weighted by Crippen LogP contribution is -2.00. The van der Waals surface area contributed by atoms with Gasteiger partial charge < -0.3 is 5.32 Å². The minimum atomic E-state index is 0.442. The predicted octanol–water partition coefficient (Wildman–Crippen LogP) is 2.63. The second-order valence-corrected chi connectivity index (χ2v) is 5.87. The van der Waals surface area contributed by atoms with Crippen LogP contribution in [0, 0.1) is 5.41 Å².